The molecule has 0 bridgehead atoms. The minimum absolute atomic E-state index is 0.0254. The lowest BCUT2D eigenvalue weighted by Gasteiger charge is -2.43. The Labute approximate surface area is 121 Å². The van der Waals surface area contributed by atoms with E-state index in [0.717, 1.165) is 12.3 Å². The number of carbonyl (C=O) groups is 1. The molecule has 0 radical (unpaired) electrons. The molecule has 2 saturated heterocycles. The van der Waals surface area contributed by atoms with Crippen molar-refractivity contribution in [2.75, 3.05) is 13.1 Å². The standard InChI is InChI=1S/C16H28N2O2/c1-16(20)8-10-18(11-9-16)15(19)14-7-6-12-4-2-3-5-13(12)17-14/h12-14,17,20H,2-11H2,1H3. The van der Waals surface area contributed by atoms with Gasteiger partial charge in [-0.1, -0.05) is 12.8 Å². The van der Waals surface area contributed by atoms with Crippen LogP contribution >= 0.6 is 0 Å². The molecular formula is C16H28N2O2. The SMILES string of the molecule is CC1(O)CCN(C(=O)C2CCC3CCCCC3N2)CC1. The Bertz CT molecular complexity index is 359. The molecule has 1 aliphatic carbocycles. The van der Waals surface area contributed by atoms with Gasteiger partial charge in [0.15, 0.2) is 0 Å². The van der Waals surface area contributed by atoms with Gasteiger partial charge in [-0.2, -0.15) is 0 Å². The second kappa shape index (κ2) is 5.64. The number of nitrogens with one attached hydrogen (secondary N) is 1. The zero-order valence-electron chi connectivity index (χ0n) is 12.6. The average Bonchev–Trinajstić information content (AvgIpc) is 2.46. The van der Waals surface area contributed by atoms with Crippen molar-refractivity contribution in [1.82, 2.24) is 10.2 Å². The normalized spacial score (nSPS) is 37.3. The number of likely N-dealkylation sites (tertiary alicyclic amines) is 1. The Morgan fingerprint density at radius 3 is 2.60 bits per heavy atom. The predicted molar refractivity (Wildman–Crippen MR) is 78.3 cm³/mol. The van der Waals surface area contributed by atoms with Gasteiger partial charge in [-0.05, 0) is 51.4 Å². The van der Waals surface area contributed by atoms with E-state index in [1.54, 1.807) is 0 Å². The number of nitrogens with zero attached hydrogens (tertiary/aromatic N) is 1. The van der Waals surface area contributed by atoms with E-state index in [-0.39, 0.29) is 11.9 Å². The fraction of sp³-hybridized carbons (Fsp3) is 0.938. The van der Waals surface area contributed by atoms with Crippen LogP contribution in [0.25, 0.3) is 0 Å². The molecule has 114 valence electrons. The largest absolute Gasteiger partial charge is 0.390 e. The molecule has 0 aromatic rings. The molecule has 1 saturated carbocycles. The van der Waals surface area contributed by atoms with Gasteiger partial charge in [0.05, 0.1) is 11.6 Å². The maximum Gasteiger partial charge on any atom is 0.239 e. The monoisotopic (exact) mass is 280 g/mol. The van der Waals surface area contributed by atoms with Crippen molar-refractivity contribution in [1.29, 1.82) is 0 Å². The molecule has 3 unspecified atom stereocenters. The third-order valence-electron chi connectivity index (χ3n) is 5.60. The molecule has 20 heavy (non-hydrogen) atoms. The minimum atomic E-state index is -0.578. The quantitative estimate of drug-likeness (QED) is 0.768. The third-order valence-corrected chi connectivity index (χ3v) is 5.60. The van der Waals surface area contributed by atoms with Crippen LogP contribution in [-0.4, -0.2) is 46.7 Å². The van der Waals surface area contributed by atoms with Crippen molar-refractivity contribution in [2.45, 2.75) is 76.0 Å². The molecular weight excluding hydrogens is 252 g/mol. The Hall–Kier alpha value is -0.610. The lowest BCUT2D eigenvalue weighted by molar-refractivity contribution is -0.138. The molecule has 3 aliphatic rings. The van der Waals surface area contributed by atoms with Crippen LogP contribution in [0.1, 0.15) is 58.3 Å². The van der Waals surface area contributed by atoms with Gasteiger partial charge in [-0.25, -0.2) is 0 Å². The molecule has 0 aromatic heterocycles. The minimum Gasteiger partial charge on any atom is -0.390 e. The summed E-state index contributed by atoms with van der Waals surface area (Å²) in [5.74, 6) is 1.07. The van der Waals surface area contributed by atoms with Crippen LogP contribution in [0.3, 0.4) is 0 Å². The molecule has 3 atom stereocenters. The summed E-state index contributed by atoms with van der Waals surface area (Å²) in [6, 6.07) is 0.594. The van der Waals surface area contributed by atoms with Crippen molar-refractivity contribution in [3.8, 4) is 0 Å². The summed E-state index contributed by atoms with van der Waals surface area (Å²) in [5.41, 5.74) is -0.578. The highest BCUT2D eigenvalue weighted by molar-refractivity contribution is 5.82. The fourth-order valence-electron chi connectivity index (χ4n) is 4.12. The van der Waals surface area contributed by atoms with Crippen LogP contribution in [0.5, 0.6) is 0 Å². The first-order valence-corrected chi connectivity index (χ1v) is 8.32. The first-order chi connectivity index (χ1) is 9.55. The lowest BCUT2D eigenvalue weighted by Crippen LogP contribution is -2.57. The number of hydrogen-bond donors (Lipinski definition) is 2. The number of aliphatic hydroxyl groups is 1. The molecule has 0 aromatic carbocycles. The highest BCUT2D eigenvalue weighted by Crippen LogP contribution is 2.33. The van der Waals surface area contributed by atoms with E-state index >= 15 is 0 Å². The average molecular weight is 280 g/mol. The Morgan fingerprint density at radius 2 is 1.85 bits per heavy atom. The third kappa shape index (κ3) is 3.01. The molecule has 2 N–H and O–H groups in total. The molecule has 4 heteroatoms. The highest BCUT2D eigenvalue weighted by Gasteiger charge is 2.37. The zero-order valence-corrected chi connectivity index (χ0v) is 12.6. The first kappa shape index (κ1) is 14.3. The predicted octanol–water partition coefficient (Wildman–Crippen LogP) is 1.67. The van der Waals surface area contributed by atoms with E-state index in [0.29, 0.717) is 32.0 Å². The van der Waals surface area contributed by atoms with Gasteiger partial charge in [-0.3, -0.25) is 4.79 Å². The van der Waals surface area contributed by atoms with E-state index in [2.05, 4.69) is 5.32 Å². The topological polar surface area (TPSA) is 52.6 Å². The Balaban J connectivity index is 1.55. The van der Waals surface area contributed by atoms with Crippen LogP contribution in [0, 0.1) is 5.92 Å². The van der Waals surface area contributed by atoms with Gasteiger partial charge in [-0.15, -0.1) is 0 Å². The number of fused-ring (bicyclic) bond motifs is 1. The number of rotatable bonds is 1. The van der Waals surface area contributed by atoms with Crippen molar-refractivity contribution in [2.24, 2.45) is 5.92 Å². The smallest absolute Gasteiger partial charge is 0.239 e. The lowest BCUT2D eigenvalue weighted by atomic mass is 9.77. The van der Waals surface area contributed by atoms with Crippen LogP contribution in [0.4, 0.5) is 0 Å². The summed E-state index contributed by atoms with van der Waals surface area (Å²) in [6.07, 6.45) is 8.86. The van der Waals surface area contributed by atoms with Crippen molar-refractivity contribution in [3.05, 3.63) is 0 Å². The Kier molecular flexibility index (Phi) is 4.04. The maximum atomic E-state index is 12.6. The van der Waals surface area contributed by atoms with Crippen molar-refractivity contribution < 1.29 is 9.90 Å². The highest BCUT2D eigenvalue weighted by atomic mass is 16.3. The summed E-state index contributed by atoms with van der Waals surface area (Å²) in [5, 5.41) is 13.6. The molecule has 2 heterocycles. The molecule has 4 nitrogen and oxygen atoms in total. The number of carbonyl (C=O) groups excluding carboxylic acids is 1. The van der Waals surface area contributed by atoms with E-state index < -0.39 is 5.60 Å². The summed E-state index contributed by atoms with van der Waals surface area (Å²) >= 11 is 0. The van der Waals surface area contributed by atoms with Gasteiger partial charge in [0.1, 0.15) is 0 Å². The van der Waals surface area contributed by atoms with Gasteiger partial charge < -0.3 is 15.3 Å². The van der Waals surface area contributed by atoms with Crippen LogP contribution in [-0.2, 0) is 4.79 Å². The van der Waals surface area contributed by atoms with Gasteiger partial charge in [0.2, 0.25) is 5.91 Å². The van der Waals surface area contributed by atoms with Crippen molar-refractivity contribution >= 4 is 5.91 Å². The molecule has 3 fully saturated rings. The van der Waals surface area contributed by atoms with E-state index in [4.69, 9.17) is 0 Å². The second-order valence-electron chi connectivity index (χ2n) is 7.27. The van der Waals surface area contributed by atoms with Crippen LogP contribution in [0.15, 0.2) is 0 Å². The van der Waals surface area contributed by atoms with Crippen LogP contribution < -0.4 is 5.32 Å². The van der Waals surface area contributed by atoms with Gasteiger partial charge >= 0.3 is 0 Å². The number of hydrogen-bond acceptors (Lipinski definition) is 3. The van der Waals surface area contributed by atoms with E-state index in [1.165, 1.54) is 32.1 Å². The molecule has 0 spiro atoms. The first-order valence-electron chi connectivity index (χ1n) is 8.32. The summed E-state index contributed by atoms with van der Waals surface area (Å²) in [6.45, 7) is 3.29. The number of amides is 1. The van der Waals surface area contributed by atoms with E-state index in [1.807, 2.05) is 11.8 Å². The fourth-order valence-corrected chi connectivity index (χ4v) is 4.12. The summed E-state index contributed by atoms with van der Waals surface area (Å²) < 4.78 is 0. The molecule has 2 aliphatic heterocycles. The maximum absolute atomic E-state index is 12.6. The Morgan fingerprint density at radius 1 is 1.15 bits per heavy atom. The summed E-state index contributed by atoms with van der Waals surface area (Å²) in [7, 11) is 0. The van der Waals surface area contributed by atoms with Gasteiger partial charge in [0, 0.05) is 19.1 Å². The molecule has 1 amide bonds. The second-order valence-corrected chi connectivity index (χ2v) is 7.27. The number of piperidine rings is 2. The van der Waals surface area contributed by atoms with Crippen LogP contribution in [0.2, 0.25) is 0 Å². The van der Waals surface area contributed by atoms with Crippen molar-refractivity contribution in [3.63, 3.8) is 0 Å². The van der Waals surface area contributed by atoms with E-state index in [9.17, 15) is 9.90 Å². The van der Waals surface area contributed by atoms with Gasteiger partial charge in [0.25, 0.3) is 0 Å². The summed E-state index contributed by atoms with van der Waals surface area (Å²) in [4.78, 5) is 14.6. The zero-order chi connectivity index (χ0) is 14.2. The molecule has 3 rings (SSSR count).